The second-order valence-electron chi connectivity index (χ2n) is 3.96. The predicted molar refractivity (Wildman–Crippen MR) is 80.6 cm³/mol. The van der Waals surface area contributed by atoms with Gasteiger partial charge in [0.05, 0.1) is 5.02 Å². The smallest absolute Gasteiger partial charge is 0.221 e. The van der Waals surface area contributed by atoms with Crippen molar-refractivity contribution < 1.29 is 0 Å². The van der Waals surface area contributed by atoms with E-state index in [4.69, 9.17) is 23.1 Å². The van der Waals surface area contributed by atoms with Crippen molar-refractivity contribution in [3.63, 3.8) is 0 Å². The second-order valence-corrected chi connectivity index (χ2v) is 5.19. The van der Waals surface area contributed by atoms with Gasteiger partial charge >= 0.3 is 0 Å². The van der Waals surface area contributed by atoms with Crippen LogP contribution < -0.4 is 16.8 Å². The number of halogens is 2. The Kier molecular flexibility index (Phi) is 4.57. The van der Waals surface area contributed by atoms with Gasteiger partial charge in [0.1, 0.15) is 5.82 Å². The Labute approximate surface area is 124 Å². The summed E-state index contributed by atoms with van der Waals surface area (Å²) in [5.41, 5.74) is 13.0. The number of nitrogens with two attached hydrogens (primary N) is 2. The van der Waals surface area contributed by atoms with Gasteiger partial charge < -0.3 is 16.8 Å². The van der Waals surface area contributed by atoms with Gasteiger partial charge in [0.25, 0.3) is 0 Å². The number of hydrogen-bond donors (Lipinski definition) is 3. The molecule has 1 aromatic carbocycles. The number of hydrogen-bond acceptors (Lipinski definition) is 5. The molecule has 0 atom stereocenters. The summed E-state index contributed by atoms with van der Waals surface area (Å²) in [5.74, 6) is 0.566. The molecule has 19 heavy (non-hydrogen) atoms. The largest absolute Gasteiger partial charge is 0.383 e. The summed E-state index contributed by atoms with van der Waals surface area (Å²) in [5, 5.41) is 3.95. The van der Waals surface area contributed by atoms with Crippen molar-refractivity contribution in [1.82, 2.24) is 15.3 Å². The molecule has 0 saturated carbocycles. The van der Waals surface area contributed by atoms with E-state index in [2.05, 4.69) is 31.2 Å². The van der Waals surface area contributed by atoms with E-state index in [0.717, 1.165) is 15.6 Å². The van der Waals surface area contributed by atoms with E-state index in [1.807, 2.05) is 18.2 Å². The van der Waals surface area contributed by atoms with Gasteiger partial charge in [0, 0.05) is 29.3 Å². The molecule has 1 heterocycles. The number of aromatic nitrogens is 2. The molecule has 1 aromatic heterocycles. The lowest BCUT2D eigenvalue weighted by Gasteiger charge is -2.09. The monoisotopic (exact) mass is 341 g/mol. The maximum Gasteiger partial charge on any atom is 0.221 e. The third-order valence-corrected chi connectivity index (χ3v) is 3.91. The first-order valence-corrected chi connectivity index (χ1v) is 6.75. The molecule has 0 aliphatic rings. The zero-order valence-electron chi connectivity index (χ0n) is 10.0. The van der Waals surface area contributed by atoms with E-state index >= 15 is 0 Å². The van der Waals surface area contributed by atoms with Crippen LogP contribution in [-0.2, 0) is 13.1 Å². The molecule has 2 aromatic rings. The number of nitrogens with one attached hydrogen (secondary N) is 1. The highest BCUT2D eigenvalue weighted by Crippen LogP contribution is 2.25. The summed E-state index contributed by atoms with van der Waals surface area (Å²) < 4.78 is 0.879. The van der Waals surface area contributed by atoms with Gasteiger partial charge in [-0.15, -0.1) is 0 Å². The highest BCUT2D eigenvalue weighted by molar-refractivity contribution is 9.10. The van der Waals surface area contributed by atoms with Crippen molar-refractivity contribution in [3.8, 4) is 0 Å². The van der Waals surface area contributed by atoms with Gasteiger partial charge in [-0.3, -0.25) is 0 Å². The Balaban J connectivity index is 1.98. The number of nitrogen functional groups attached to an aromatic ring is 2. The summed E-state index contributed by atoms with van der Waals surface area (Å²) in [6.45, 7) is 1.18. The number of anilines is 2. The zero-order chi connectivity index (χ0) is 13.8. The fourth-order valence-electron chi connectivity index (χ4n) is 1.59. The van der Waals surface area contributed by atoms with Crippen molar-refractivity contribution >= 4 is 39.3 Å². The summed E-state index contributed by atoms with van der Waals surface area (Å²) in [4.78, 5) is 7.81. The van der Waals surface area contributed by atoms with Crippen LogP contribution in [0.5, 0.6) is 0 Å². The lowest BCUT2D eigenvalue weighted by Crippen LogP contribution is -2.15. The lowest BCUT2D eigenvalue weighted by atomic mass is 10.2. The molecule has 0 radical (unpaired) electrons. The van der Waals surface area contributed by atoms with Crippen molar-refractivity contribution in [2.24, 2.45) is 0 Å². The summed E-state index contributed by atoms with van der Waals surface area (Å²) in [6.07, 6.45) is 1.62. The minimum absolute atomic E-state index is 0.177. The summed E-state index contributed by atoms with van der Waals surface area (Å²) in [7, 11) is 0. The minimum Gasteiger partial charge on any atom is -0.383 e. The highest BCUT2D eigenvalue weighted by atomic mass is 79.9. The lowest BCUT2D eigenvalue weighted by molar-refractivity contribution is 0.691. The molecule has 100 valence electrons. The van der Waals surface area contributed by atoms with Crippen LogP contribution >= 0.6 is 27.5 Å². The molecule has 0 aliphatic heterocycles. The SMILES string of the molecule is Nc1ncc(CNCc2cccc(Br)c2Cl)c(N)n1. The van der Waals surface area contributed by atoms with Gasteiger partial charge in [-0.2, -0.15) is 4.98 Å². The quantitative estimate of drug-likeness (QED) is 0.793. The topological polar surface area (TPSA) is 89.8 Å². The van der Waals surface area contributed by atoms with E-state index < -0.39 is 0 Å². The second kappa shape index (κ2) is 6.18. The standard InChI is InChI=1S/C12H13BrClN5/c13-9-3-1-2-7(10(9)14)4-17-5-8-6-18-12(16)19-11(8)15/h1-3,6,17H,4-5H2,(H4,15,16,18,19). The fraction of sp³-hybridized carbons (Fsp3) is 0.167. The first-order chi connectivity index (χ1) is 9.08. The number of rotatable bonds is 4. The van der Waals surface area contributed by atoms with Gasteiger partial charge in [0.2, 0.25) is 5.95 Å². The predicted octanol–water partition coefficient (Wildman–Crippen LogP) is 2.35. The van der Waals surface area contributed by atoms with Crippen LogP contribution in [0.25, 0.3) is 0 Å². The van der Waals surface area contributed by atoms with Crippen LogP contribution in [0.2, 0.25) is 5.02 Å². The molecular weight excluding hydrogens is 330 g/mol. The van der Waals surface area contributed by atoms with E-state index in [1.54, 1.807) is 6.20 Å². The molecule has 5 N–H and O–H groups in total. The molecule has 0 saturated heterocycles. The van der Waals surface area contributed by atoms with Crippen LogP contribution in [0.4, 0.5) is 11.8 Å². The van der Waals surface area contributed by atoms with Crippen molar-refractivity contribution in [2.75, 3.05) is 11.5 Å². The molecular formula is C12H13BrClN5. The van der Waals surface area contributed by atoms with Gasteiger partial charge in [0.15, 0.2) is 0 Å². The molecule has 0 aliphatic carbocycles. The molecule has 5 nitrogen and oxygen atoms in total. The van der Waals surface area contributed by atoms with E-state index in [-0.39, 0.29) is 5.95 Å². The Morgan fingerprint density at radius 1 is 1.21 bits per heavy atom. The molecule has 0 unspecified atom stereocenters. The van der Waals surface area contributed by atoms with E-state index in [9.17, 15) is 0 Å². The summed E-state index contributed by atoms with van der Waals surface area (Å²) in [6, 6.07) is 5.80. The Morgan fingerprint density at radius 3 is 2.68 bits per heavy atom. The maximum atomic E-state index is 6.17. The third-order valence-electron chi connectivity index (χ3n) is 2.58. The maximum absolute atomic E-state index is 6.17. The first kappa shape index (κ1) is 14.0. The molecule has 2 rings (SSSR count). The van der Waals surface area contributed by atoms with E-state index in [0.29, 0.717) is 23.9 Å². The molecule has 0 spiro atoms. The average Bonchev–Trinajstić information content (AvgIpc) is 2.37. The van der Waals surface area contributed by atoms with Crippen molar-refractivity contribution in [1.29, 1.82) is 0 Å². The van der Waals surface area contributed by atoms with Crippen LogP contribution in [0.15, 0.2) is 28.9 Å². The van der Waals surface area contributed by atoms with Gasteiger partial charge in [-0.25, -0.2) is 4.98 Å². The molecule has 0 fully saturated rings. The zero-order valence-corrected chi connectivity index (χ0v) is 12.4. The normalized spacial score (nSPS) is 10.6. The molecule has 0 bridgehead atoms. The average molecular weight is 343 g/mol. The molecule has 7 heteroatoms. The van der Waals surface area contributed by atoms with Gasteiger partial charge in [-0.1, -0.05) is 23.7 Å². The highest BCUT2D eigenvalue weighted by Gasteiger charge is 2.05. The fourth-order valence-corrected chi connectivity index (χ4v) is 2.19. The van der Waals surface area contributed by atoms with Crippen LogP contribution in [0, 0.1) is 0 Å². The summed E-state index contributed by atoms with van der Waals surface area (Å²) >= 11 is 9.56. The number of nitrogens with zero attached hydrogens (tertiary/aromatic N) is 2. The van der Waals surface area contributed by atoms with Crippen molar-refractivity contribution in [2.45, 2.75) is 13.1 Å². The Morgan fingerprint density at radius 2 is 1.95 bits per heavy atom. The minimum atomic E-state index is 0.177. The number of benzene rings is 1. The van der Waals surface area contributed by atoms with Gasteiger partial charge in [-0.05, 0) is 27.6 Å². The third kappa shape index (κ3) is 3.56. The van der Waals surface area contributed by atoms with Crippen molar-refractivity contribution in [3.05, 3.63) is 45.0 Å². The Bertz CT molecular complexity index is 590. The Hall–Kier alpha value is -1.37. The van der Waals surface area contributed by atoms with Crippen LogP contribution in [-0.4, -0.2) is 9.97 Å². The van der Waals surface area contributed by atoms with Crippen LogP contribution in [0.1, 0.15) is 11.1 Å². The molecule has 0 amide bonds. The van der Waals surface area contributed by atoms with Crippen LogP contribution in [0.3, 0.4) is 0 Å². The van der Waals surface area contributed by atoms with E-state index in [1.165, 1.54) is 0 Å². The first-order valence-electron chi connectivity index (χ1n) is 5.58.